The Labute approximate surface area is 213 Å². The van der Waals surface area contributed by atoms with Crippen LogP contribution < -0.4 is 20.5 Å². The van der Waals surface area contributed by atoms with Crippen molar-refractivity contribution in [3.8, 4) is 16.9 Å². The lowest BCUT2D eigenvalue weighted by Crippen LogP contribution is -2.49. The number of nitrogens with one attached hydrogen (secondary N) is 1. The Morgan fingerprint density at radius 2 is 1.78 bits per heavy atom. The standard InChI is InChI=1S/C28H28N4O5/c1-4-32(23-11-7-9-19-8-5-6-10-21(19)23)28(36)30-22(27(34)35)16-18-12-14-20(15-13-18)25-24(37-3)17-29-31(2)26(25)33/h5-15,17,22H,4,16H2,1-3H3,(H,30,36)(H,34,35)/t22-/m0/s1. The molecule has 2 N–H and O–H groups in total. The molecule has 1 heterocycles. The van der Waals surface area contributed by atoms with Crippen LogP contribution in [-0.2, 0) is 18.3 Å². The number of carboxylic acids is 1. The van der Waals surface area contributed by atoms with Crippen LogP contribution in [0.1, 0.15) is 12.5 Å². The Morgan fingerprint density at radius 3 is 2.46 bits per heavy atom. The molecule has 0 aliphatic carbocycles. The zero-order chi connectivity index (χ0) is 26.5. The lowest BCUT2D eigenvalue weighted by atomic mass is 10.0. The first kappa shape index (κ1) is 25.4. The third-order valence-corrected chi connectivity index (χ3v) is 6.22. The van der Waals surface area contributed by atoms with Gasteiger partial charge in [-0.1, -0.05) is 60.7 Å². The highest BCUT2D eigenvalue weighted by atomic mass is 16.5. The van der Waals surface area contributed by atoms with Crippen molar-refractivity contribution in [2.24, 2.45) is 7.05 Å². The molecule has 0 radical (unpaired) electrons. The van der Waals surface area contributed by atoms with Gasteiger partial charge >= 0.3 is 12.0 Å². The van der Waals surface area contributed by atoms with Gasteiger partial charge < -0.3 is 15.2 Å². The maximum Gasteiger partial charge on any atom is 0.326 e. The monoisotopic (exact) mass is 500 g/mol. The Hall–Kier alpha value is -4.66. The van der Waals surface area contributed by atoms with Crippen molar-refractivity contribution in [1.29, 1.82) is 0 Å². The van der Waals surface area contributed by atoms with Crippen LogP contribution in [0.3, 0.4) is 0 Å². The summed E-state index contributed by atoms with van der Waals surface area (Å²) >= 11 is 0. The number of aromatic nitrogens is 2. The molecule has 2 amide bonds. The van der Waals surface area contributed by atoms with Gasteiger partial charge in [-0.25, -0.2) is 14.3 Å². The highest BCUT2D eigenvalue weighted by Crippen LogP contribution is 2.27. The largest absolute Gasteiger partial charge is 0.494 e. The number of urea groups is 1. The first-order chi connectivity index (χ1) is 17.8. The quantitative estimate of drug-likeness (QED) is 0.380. The number of benzene rings is 3. The summed E-state index contributed by atoms with van der Waals surface area (Å²) in [6.45, 7) is 2.21. The van der Waals surface area contributed by atoms with Crippen molar-refractivity contribution in [1.82, 2.24) is 15.1 Å². The number of fused-ring (bicyclic) bond motifs is 1. The van der Waals surface area contributed by atoms with Crippen LogP contribution in [0, 0.1) is 0 Å². The molecule has 4 aromatic rings. The SMILES string of the molecule is CCN(C(=O)N[C@@H](Cc1ccc(-c2c(OC)cnn(C)c2=O)cc1)C(=O)O)c1cccc2ccccc12. The summed E-state index contributed by atoms with van der Waals surface area (Å²) in [5, 5.41) is 18.4. The number of aryl methyl sites for hydroxylation is 1. The molecular weight excluding hydrogens is 472 g/mol. The van der Waals surface area contributed by atoms with Crippen molar-refractivity contribution in [2.75, 3.05) is 18.6 Å². The van der Waals surface area contributed by atoms with E-state index in [2.05, 4.69) is 10.4 Å². The minimum Gasteiger partial charge on any atom is -0.494 e. The minimum absolute atomic E-state index is 0.0694. The highest BCUT2D eigenvalue weighted by molar-refractivity contribution is 6.03. The maximum absolute atomic E-state index is 13.2. The van der Waals surface area contributed by atoms with E-state index in [1.165, 1.54) is 22.9 Å². The lowest BCUT2D eigenvalue weighted by molar-refractivity contribution is -0.139. The van der Waals surface area contributed by atoms with E-state index in [1.807, 2.05) is 49.4 Å². The Morgan fingerprint density at radius 1 is 1.08 bits per heavy atom. The van der Waals surface area contributed by atoms with Gasteiger partial charge in [-0.05, 0) is 29.5 Å². The van der Waals surface area contributed by atoms with E-state index in [1.54, 1.807) is 31.3 Å². The topological polar surface area (TPSA) is 114 Å². The molecule has 0 aliphatic heterocycles. The number of anilines is 1. The van der Waals surface area contributed by atoms with Crippen LogP contribution in [0.4, 0.5) is 10.5 Å². The molecule has 4 rings (SSSR count). The summed E-state index contributed by atoms with van der Waals surface area (Å²) < 4.78 is 6.52. The summed E-state index contributed by atoms with van der Waals surface area (Å²) in [5.41, 5.74) is 2.07. The van der Waals surface area contributed by atoms with Gasteiger partial charge in [0, 0.05) is 25.4 Å². The van der Waals surface area contributed by atoms with Gasteiger partial charge in [0.05, 0.1) is 24.6 Å². The third-order valence-electron chi connectivity index (χ3n) is 6.22. The predicted molar refractivity (Wildman–Crippen MR) is 142 cm³/mol. The normalized spacial score (nSPS) is 11.6. The van der Waals surface area contributed by atoms with Gasteiger partial charge in [0.1, 0.15) is 6.04 Å². The van der Waals surface area contributed by atoms with Crippen LogP contribution in [0.5, 0.6) is 5.75 Å². The molecule has 3 aromatic carbocycles. The fourth-order valence-electron chi connectivity index (χ4n) is 4.28. The van der Waals surface area contributed by atoms with Crippen LogP contribution in [0.25, 0.3) is 21.9 Å². The Balaban J connectivity index is 1.55. The lowest BCUT2D eigenvalue weighted by Gasteiger charge is -2.25. The molecule has 9 heteroatoms. The van der Waals surface area contributed by atoms with E-state index in [0.29, 0.717) is 34.7 Å². The number of amides is 2. The van der Waals surface area contributed by atoms with Crippen LogP contribution in [0.15, 0.2) is 77.7 Å². The Bertz CT molecular complexity index is 1490. The van der Waals surface area contributed by atoms with E-state index in [9.17, 15) is 19.5 Å². The van der Waals surface area contributed by atoms with Crippen molar-refractivity contribution in [3.63, 3.8) is 0 Å². The second-order valence-electron chi connectivity index (χ2n) is 8.50. The van der Waals surface area contributed by atoms with Gasteiger partial charge in [-0.15, -0.1) is 0 Å². The first-order valence-electron chi connectivity index (χ1n) is 11.8. The molecule has 190 valence electrons. The summed E-state index contributed by atoms with van der Waals surface area (Å²) in [6, 6.07) is 18.7. The van der Waals surface area contributed by atoms with Crippen LogP contribution in [0.2, 0.25) is 0 Å². The van der Waals surface area contributed by atoms with E-state index < -0.39 is 18.0 Å². The molecule has 0 saturated heterocycles. The molecular formula is C28H28N4O5. The van der Waals surface area contributed by atoms with E-state index in [0.717, 1.165) is 10.8 Å². The maximum atomic E-state index is 13.2. The predicted octanol–water partition coefficient (Wildman–Crippen LogP) is 3.84. The zero-order valence-corrected chi connectivity index (χ0v) is 20.8. The number of nitrogens with zero attached hydrogens (tertiary/aromatic N) is 3. The summed E-state index contributed by atoms with van der Waals surface area (Å²) in [7, 11) is 3.02. The molecule has 0 fully saturated rings. The minimum atomic E-state index is -1.15. The molecule has 1 aromatic heterocycles. The summed E-state index contributed by atoms with van der Waals surface area (Å²) in [5.74, 6) is -0.796. The second-order valence-corrected chi connectivity index (χ2v) is 8.50. The molecule has 0 aliphatic rings. The summed E-state index contributed by atoms with van der Waals surface area (Å²) in [6.07, 6.45) is 1.54. The molecule has 0 bridgehead atoms. The number of carboxylic acid groups (broad SMARTS) is 1. The van der Waals surface area contributed by atoms with Gasteiger partial charge in [0.25, 0.3) is 5.56 Å². The molecule has 0 saturated carbocycles. The van der Waals surface area contributed by atoms with Crippen LogP contribution >= 0.6 is 0 Å². The molecule has 37 heavy (non-hydrogen) atoms. The number of ether oxygens (including phenoxy) is 1. The van der Waals surface area contributed by atoms with Gasteiger partial charge in [-0.3, -0.25) is 9.69 Å². The van der Waals surface area contributed by atoms with E-state index >= 15 is 0 Å². The molecule has 1 atom stereocenters. The van der Waals surface area contributed by atoms with Crippen molar-refractivity contribution in [3.05, 3.63) is 88.8 Å². The van der Waals surface area contributed by atoms with Crippen molar-refractivity contribution >= 4 is 28.5 Å². The summed E-state index contributed by atoms with van der Waals surface area (Å²) in [4.78, 5) is 39.4. The average Bonchev–Trinajstić information content (AvgIpc) is 2.91. The van der Waals surface area contributed by atoms with Crippen molar-refractivity contribution in [2.45, 2.75) is 19.4 Å². The fourth-order valence-corrected chi connectivity index (χ4v) is 4.28. The second kappa shape index (κ2) is 10.9. The zero-order valence-electron chi connectivity index (χ0n) is 20.8. The van der Waals surface area contributed by atoms with Crippen molar-refractivity contribution < 1.29 is 19.4 Å². The number of hydrogen-bond donors (Lipinski definition) is 2. The average molecular weight is 501 g/mol. The Kier molecular flexibility index (Phi) is 7.52. The molecule has 0 spiro atoms. The number of hydrogen-bond acceptors (Lipinski definition) is 5. The van der Waals surface area contributed by atoms with E-state index in [-0.39, 0.29) is 12.0 Å². The van der Waals surface area contributed by atoms with Gasteiger partial charge in [0.15, 0.2) is 5.75 Å². The smallest absolute Gasteiger partial charge is 0.326 e. The number of aliphatic carboxylic acids is 1. The number of rotatable bonds is 8. The number of methoxy groups -OCH3 is 1. The van der Waals surface area contributed by atoms with Crippen LogP contribution in [-0.4, -0.2) is 46.6 Å². The third kappa shape index (κ3) is 5.30. The van der Waals surface area contributed by atoms with Gasteiger partial charge in [-0.2, -0.15) is 5.10 Å². The first-order valence-corrected chi connectivity index (χ1v) is 11.8. The van der Waals surface area contributed by atoms with E-state index in [4.69, 9.17) is 4.74 Å². The molecule has 0 unspecified atom stereocenters. The number of carbonyl (C=O) groups excluding carboxylic acids is 1. The highest BCUT2D eigenvalue weighted by Gasteiger charge is 2.25. The number of carbonyl (C=O) groups is 2. The molecule has 9 nitrogen and oxygen atoms in total. The fraction of sp³-hybridized carbons (Fsp3) is 0.214. The van der Waals surface area contributed by atoms with Gasteiger partial charge in [0.2, 0.25) is 0 Å².